The van der Waals surface area contributed by atoms with Gasteiger partial charge in [-0.05, 0) is 23.8 Å². The smallest absolute Gasteiger partial charge is 0.328 e. The Hall–Kier alpha value is -1.47. The van der Waals surface area contributed by atoms with Crippen molar-refractivity contribution in [3.8, 4) is 0 Å². The highest BCUT2D eigenvalue weighted by molar-refractivity contribution is 7.98. The summed E-state index contributed by atoms with van der Waals surface area (Å²) in [5.41, 5.74) is -3.35. The Morgan fingerprint density at radius 1 is 1.25 bits per heavy atom. The Bertz CT molecular complexity index is 637. The molecule has 0 unspecified atom stereocenters. The fraction of sp³-hybridized carbons (Fsp3) is 0.167. The highest BCUT2D eigenvalue weighted by Gasteiger charge is 2.28. The van der Waals surface area contributed by atoms with Gasteiger partial charge in [0.05, 0.1) is 18.5 Å². The van der Waals surface area contributed by atoms with Crippen molar-refractivity contribution in [1.29, 1.82) is 0 Å². The van der Waals surface area contributed by atoms with Crippen LogP contribution in [0.3, 0.4) is 0 Å². The highest BCUT2D eigenvalue weighted by Crippen LogP contribution is 2.30. The first-order valence-electron chi connectivity index (χ1n) is 5.49. The van der Waals surface area contributed by atoms with Gasteiger partial charge in [-0.25, -0.2) is 4.98 Å². The van der Waals surface area contributed by atoms with Crippen LogP contribution in [0.4, 0.5) is 13.2 Å². The summed E-state index contributed by atoms with van der Waals surface area (Å²) < 4.78 is 41.6. The molecule has 0 aromatic carbocycles. The number of halogens is 4. The summed E-state index contributed by atoms with van der Waals surface area (Å²) in [5, 5.41) is 0.365. The molecule has 0 amide bonds. The predicted octanol–water partition coefficient (Wildman–Crippen LogP) is 3.65. The molecule has 0 saturated carbocycles. The van der Waals surface area contributed by atoms with Crippen LogP contribution in [0.2, 0.25) is 5.15 Å². The van der Waals surface area contributed by atoms with Crippen molar-refractivity contribution < 1.29 is 13.2 Å². The molecule has 8 heteroatoms. The maximum Gasteiger partial charge on any atom is 0.463 e. The van der Waals surface area contributed by atoms with Crippen molar-refractivity contribution in [2.45, 2.75) is 12.1 Å². The van der Waals surface area contributed by atoms with E-state index in [0.29, 0.717) is 11.7 Å². The molecule has 2 rings (SSSR count). The van der Waals surface area contributed by atoms with Gasteiger partial charge in [0.1, 0.15) is 10.6 Å². The van der Waals surface area contributed by atoms with Gasteiger partial charge in [0.15, 0.2) is 0 Å². The highest BCUT2D eigenvalue weighted by atomic mass is 35.5. The standard InChI is InChI=1S/C12H9ClF3N3S/c13-10-5-4-9(7-17-10)8-19-6-2-1-3-11(19)18-20-12(14,15)16/h1-7H,8H2/b18-11+. The topological polar surface area (TPSA) is 30.2 Å². The lowest BCUT2D eigenvalue weighted by atomic mass is 10.3. The van der Waals surface area contributed by atoms with Gasteiger partial charge in [-0.2, -0.15) is 17.6 Å². The zero-order valence-corrected chi connectivity index (χ0v) is 11.6. The van der Waals surface area contributed by atoms with E-state index in [2.05, 4.69) is 9.38 Å². The number of pyridine rings is 2. The molecule has 0 atom stereocenters. The van der Waals surface area contributed by atoms with Crippen LogP contribution in [0.5, 0.6) is 0 Å². The van der Waals surface area contributed by atoms with E-state index < -0.39 is 17.5 Å². The number of aromatic nitrogens is 2. The van der Waals surface area contributed by atoms with Crippen molar-refractivity contribution in [3.63, 3.8) is 0 Å². The zero-order chi connectivity index (χ0) is 14.6. The maximum absolute atomic E-state index is 12.2. The molecule has 0 spiro atoms. The summed E-state index contributed by atoms with van der Waals surface area (Å²) in [5.74, 6) is 0. The zero-order valence-electron chi connectivity index (χ0n) is 10.0. The number of rotatable bonds is 3. The Balaban J connectivity index is 2.26. The van der Waals surface area contributed by atoms with Gasteiger partial charge in [-0.3, -0.25) is 0 Å². The van der Waals surface area contributed by atoms with Gasteiger partial charge in [0.2, 0.25) is 0 Å². The predicted molar refractivity (Wildman–Crippen MR) is 72.0 cm³/mol. The van der Waals surface area contributed by atoms with Crippen LogP contribution in [0.25, 0.3) is 0 Å². The van der Waals surface area contributed by atoms with Gasteiger partial charge < -0.3 is 4.57 Å². The second kappa shape index (κ2) is 6.32. The summed E-state index contributed by atoms with van der Waals surface area (Å²) in [6, 6.07) is 8.26. The van der Waals surface area contributed by atoms with E-state index in [9.17, 15) is 13.2 Å². The Labute approximate surface area is 122 Å². The van der Waals surface area contributed by atoms with Crippen LogP contribution < -0.4 is 5.49 Å². The lowest BCUT2D eigenvalue weighted by Gasteiger charge is -2.07. The lowest BCUT2D eigenvalue weighted by molar-refractivity contribution is -0.0328. The van der Waals surface area contributed by atoms with Gasteiger partial charge in [-0.1, -0.05) is 23.7 Å². The van der Waals surface area contributed by atoms with E-state index in [1.807, 2.05) is 0 Å². The van der Waals surface area contributed by atoms with Crippen LogP contribution in [-0.2, 0) is 6.54 Å². The van der Waals surface area contributed by atoms with E-state index in [-0.39, 0.29) is 5.49 Å². The van der Waals surface area contributed by atoms with Crippen LogP contribution >= 0.6 is 23.5 Å². The molecule has 0 saturated heterocycles. The van der Waals surface area contributed by atoms with Crippen molar-refractivity contribution in [1.82, 2.24) is 9.55 Å². The van der Waals surface area contributed by atoms with E-state index in [1.54, 1.807) is 41.2 Å². The molecule has 0 aliphatic rings. The molecular weight excluding hydrogens is 311 g/mol. The van der Waals surface area contributed by atoms with Crippen LogP contribution in [0.15, 0.2) is 47.1 Å². The lowest BCUT2D eigenvalue weighted by Crippen LogP contribution is -2.20. The molecule has 2 aromatic rings. The third-order valence-corrected chi connectivity index (χ3v) is 3.01. The molecule has 0 aliphatic heterocycles. The molecule has 0 radical (unpaired) electrons. The molecule has 2 heterocycles. The third kappa shape index (κ3) is 4.57. The first-order chi connectivity index (χ1) is 9.44. The average molecular weight is 320 g/mol. The van der Waals surface area contributed by atoms with Gasteiger partial charge in [0, 0.05) is 12.4 Å². The van der Waals surface area contributed by atoms with Crippen molar-refractivity contribution in [2.24, 2.45) is 4.40 Å². The Morgan fingerprint density at radius 2 is 2.05 bits per heavy atom. The number of alkyl halides is 3. The van der Waals surface area contributed by atoms with Crippen LogP contribution in [-0.4, -0.2) is 15.1 Å². The number of hydrogen-bond acceptors (Lipinski definition) is 3. The van der Waals surface area contributed by atoms with Gasteiger partial charge in [0.25, 0.3) is 0 Å². The molecule has 0 fully saturated rings. The van der Waals surface area contributed by atoms with Gasteiger partial charge >= 0.3 is 5.51 Å². The molecular formula is C12H9ClF3N3S. The Kier molecular flexibility index (Phi) is 4.72. The fourth-order valence-electron chi connectivity index (χ4n) is 1.48. The number of hydrogen-bond donors (Lipinski definition) is 0. The second-order valence-corrected chi connectivity index (χ2v) is 5.02. The first kappa shape index (κ1) is 14.9. The second-order valence-electron chi connectivity index (χ2n) is 3.80. The minimum Gasteiger partial charge on any atom is -0.328 e. The summed E-state index contributed by atoms with van der Waals surface area (Å²) >= 11 is 5.26. The van der Waals surface area contributed by atoms with E-state index in [1.165, 1.54) is 6.07 Å². The fourth-order valence-corrected chi connectivity index (χ4v) is 1.95. The third-order valence-electron chi connectivity index (χ3n) is 2.30. The summed E-state index contributed by atoms with van der Waals surface area (Å²) in [7, 11) is 0. The minimum absolute atomic E-state index is 0.227. The maximum atomic E-state index is 12.2. The van der Waals surface area contributed by atoms with E-state index in [4.69, 9.17) is 11.6 Å². The summed E-state index contributed by atoms with van der Waals surface area (Å²) in [6.45, 7) is 0.363. The van der Waals surface area contributed by atoms with Crippen molar-refractivity contribution >= 4 is 23.5 Å². The molecule has 2 aromatic heterocycles. The summed E-state index contributed by atoms with van der Waals surface area (Å²) in [6.07, 6.45) is 3.23. The first-order valence-corrected chi connectivity index (χ1v) is 6.64. The van der Waals surface area contributed by atoms with Crippen LogP contribution in [0.1, 0.15) is 5.56 Å². The van der Waals surface area contributed by atoms with E-state index >= 15 is 0 Å². The monoisotopic (exact) mass is 319 g/mol. The van der Waals surface area contributed by atoms with E-state index in [0.717, 1.165) is 5.56 Å². The molecule has 3 nitrogen and oxygen atoms in total. The van der Waals surface area contributed by atoms with Gasteiger partial charge in [-0.15, -0.1) is 0 Å². The largest absolute Gasteiger partial charge is 0.463 e. The quantitative estimate of drug-likeness (QED) is 0.638. The SMILES string of the molecule is FC(F)(F)S/N=c1\ccccn1Cc1ccc(Cl)nc1. The molecule has 0 aliphatic carbocycles. The van der Waals surface area contributed by atoms with Crippen molar-refractivity contribution in [2.75, 3.05) is 0 Å². The summed E-state index contributed by atoms with van der Waals surface area (Å²) in [4.78, 5) is 3.93. The average Bonchev–Trinajstić information content (AvgIpc) is 2.39. The minimum atomic E-state index is -4.39. The van der Waals surface area contributed by atoms with Crippen LogP contribution in [0, 0.1) is 0 Å². The Morgan fingerprint density at radius 3 is 2.70 bits per heavy atom. The molecule has 20 heavy (non-hydrogen) atoms. The molecule has 0 N–H and O–H groups in total. The normalized spacial score (nSPS) is 12.7. The number of nitrogens with zero attached hydrogens (tertiary/aromatic N) is 3. The molecule has 0 bridgehead atoms. The van der Waals surface area contributed by atoms with Crippen molar-refractivity contribution in [3.05, 3.63) is 58.9 Å². The molecule has 106 valence electrons.